The average Bonchev–Trinajstić information content (AvgIpc) is 3.13. The molecule has 1 atom stereocenters. The number of nitrogens with zero attached hydrogens (tertiary/aromatic N) is 2. The first-order valence-corrected chi connectivity index (χ1v) is 6.60. The maximum atomic E-state index is 11.5. The largest absolute Gasteiger partial charge is 0.383 e. The van der Waals surface area contributed by atoms with Crippen molar-refractivity contribution in [3.8, 4) is 0 Å². The molecular weight excluding hydrogens is 242 g/mol. The summed E-state index contributed by atoms with van der Waals surface area (Å²) < 4.78 is 0. The van der Waals surface area contributed by atoms with Gasteiger partial charge < -0.3 is 16.8 Å². The lowest BCUT2D eigenvalue weighted by molar-refractivity contribution is -0.119. The number of nitrogens with one attached hydrogen (secondary N) is 1. The fourth-order valence-corrected chi connectivity index (χ4v) is 1.93. The summed E-state index contributed by atoms with van der Waals surface area (Å²) in [6, 6.07) is -0.458. The quantitative estimate of drug-likeness (QED) is 0.739. The minimum atomic E-state index is -0.458. The fraction of sp³-hybridized carbons (Fsp3) is 0.615. The second-order valence-corrected chi connectivity index (χ2v) is 5.48. The third-order valence-corrected chi connectivity index (χ3v) is 3.41. The standard InChI is InChI=1S/C13H21N5O/c1-6(2)9(11(15)19)16-12-7(3)10(14)17-13(18-12)8-4-5-8/h6,8-9H,4-5H2,1-3H3,(H2,15,19)(H3,14,16,17,18). The lowest BCUT2D eigenvalue weighted by Gasteiger charge is -2.21. The van der Waals surface area contributed by atoms with Gasteiger partial charge in [0, 0.05) is 11.5 Å². The molecule has 0 bridgehead atoms. The van der Waals surface area contributed by atoms with Crippen LogP contribution in [-0.2, 0) is 4.79 Å². The van der Waals surface area contributed by atoms with Gasteiger partial charge in [0.15, 0.2) is 0 Å². The molecule has 0 aromatic carbocycles. The van der Waals surface area contributed by atoms with Crippen LogP contribution in [-0.4, -0.2) is 21.9 Å². The van der Waals surface area contributed by atoms with E-state index >= 15 is 0 Å². The van der Waals surface area contributed by atoms with Gasteiger partial charge in [0.2, 0.25) is 5.91 Å². The van der Waals surface area contributed by atoms with Crippen LogP contribution in [0.5, 0.6) is 0 Å². The van der Waals surface area contributed by atoms with Crippen molar-refractivity contribution in [1.82, 2.24) is 9.97 Å². The third-order valence-electron chi connectivity index (χ3n) is 3.41. The molecule has 5 N–H and O–H groups in total. The number of aromatic nitrogens is 2. The highest BCUT2D eigenvalue weighted by Gasteiger charge is 2.29. The Bertz CT molecular complexity index is 496. The number of hydrogen-bond donors (Lipinski definition) is 3. The van der Waals surface area contributed by atoms with Crippen molar-refractivity contribution in [3.63, 3.8) is 0 Å². The van der Waals surface area contributed by atoms with Crippen molar-refractivity contribution >= 4 is 17.5 Å². The Morgan fingerprint density at radius 3 is 2.47 bits per heavy atom. The van der Waals surface area contributed by atoms with Crippen LogP contribution in [0, 0.1) is 12.8 Å². The number of amides is 1. The highest BCUT2D eigenvalue weighted by atomic mass is 16.1. The zero-order valence-electron chi connectivity index (χ0n) is 11.6. The molecule has 0 saturated heterocycles. The van der Waals surface area contributed by atoms with Gasteiger partial charge in [-0.1, -0.05) is 13.8 Å². The molecule has 1 saturated carbocycles. The van der Waals surface area contributed by atoms with Crippen molar-refractivity contribution in [2.24, 2.45) is 11.7 Å². The van der Waals surface area contributed by atoms with Crippen LogP contribution >= 0.6 is 0 Å². The van der Waals surface area contributed by atoms with E-state index < -0.39 is 6.04 Å². The molecule has 0 spiro atoms. The second-order valence-electron chi connectivity index (χ2n) is 5.48. The van der Waals surface area contributed by atoms with Crippen LogP contribution in [0.15, 0.2) is 0 Å². The molecule has 1 heterocycles. The average molecular weight is 263 g/mol. The van der Waals surface area contributed by atoms with Crippen LogP contribution in [0.2, 0.25) is 0 Å². The minimum Gasteiger partial charge on any atom is -0.383 e. The number of nitrogens with two attached hydrogens (primary N) is 2. The van der Waals surface area contributed by atoms with E-state index in [0.29, 0.717) is 17.6 Å². The third kappa shape index (κ3) is 2.94. The first-order chi connectivity index (χ1) is 8.90. The molecular formula is C13H21N5O. The van der Waals surface area contributed by atoms with Gasteiger partial charge in [-0.3, -0.25) is 4.79 Å². The Kier molecular flexibility index (Phi) is 3.59. The Hall–Kier alpha value is -1.85. The molecule has 19 heavy (non-hydrogen) atoms. The van der Waals surface area contributed by atoms with Gasteiger partial charge in [0.25, 0.3) is 0 Å². The summed E-state index contributed by atoms with van der Waals surface area (Å²) in [6.45, 7) is 5.71. The van der Waals surface area contributed by atoms with Gasteiger partial charge in [0.05, 0.1) is 0 Å². The number of rotatable bonds is 5. The van der Waals surface area contributed by atoms with Gasteiger partial charge in [-0.2, -0.15) is 0 Å². The molecule has 1 fully saturated rings. The Balaban J connectivity index is 2.30. The van der Waals surface area contributed by atoms with Crippen LogP contribution in [0.1, 0.15) is 44.0 Å². The fourth-order valence-electron chi connectivity index (χ4n) is 1.93. The summed E-state index contributed by atoms with van der Waals surface area (Å²) in [4.78, 5) is 20.3. The van der Waals surface area contributed by atoms with Gasteiger partial charge in [-0.05, 0) is 25.7 Å². The number of carbonyl (C=O) groups excluding carboxylic acids is 1. The van der Waals surface area contributed by atoms with E-state index in [0.717, 1.165) is 24.2 Å². The first-order valence-electron chi connectivity index (χ1n) is 6.60. The molecule has 1 amide bonds. The summed E-state index contributed by atoms with van der Waals surface area (Å²) in [5, 5.41) is 3.10. The van der Waals surface area contributed by atoms with E-state index in [1.807, 2.05) is 20.8 Å². The SMILES string of the molecule is Cc1c(N)nc(C2CC2)nc1NC(C(N)=O)C(C)C. The Morgan fingerprint density at radius 1 is 1.37 bits per heavy atom. The smallest absolute Gasteiger partial charge is 0.240 e. The zero-order valence-corrected chi connectivity index (χ0v) is 11.6. The molecule has 2 rings (SSSR count). The number of carbonyl (C=O) groups is 1. The maximum Gasteiger partial charge on any atom is 0.240 e. The van der Waals surface area contributed by atoms with E-state index in [4.69, 9.17) is 11.5 Å². The summed E-state index contributed by atoms with van der Waals surface area (Å²) in [7, 11) is 0. The maximum absolute atomic E-state index is 11.5. The molecule has 1 unspecified atom stereocenters. The highest BCUT2D eigenvalue weighted by Crippen LogP contribution is 2.39. The number of nitrogen functional groups attached to an aromatic ring is 1. The molecule has 0 radical (unpaired) electrons. The monoisotopic (exact) mass is 263 g/mol. The molecule has 1 aliphatic carbocycles. The van der Waals surface area contributed by atoms with E-state index in [9.17, 15) is 4.79 Å². The van der Waals surface area contributed by atoms with Crippen molar-refractivity contribution in [2.75, 3.05) is 11.1 Å². The van der Waals surface area contributed by atoms with Gasteiger partial charge in [-0.15, -0.1) is 0 Å². The summed E-state index contributed by atoms with van der Waals surface area (Å²) in [5.41, 5.74) is 12.1. The Labute approximate surface area is 113 Å². The normalized spacial score (nSPS) is 16.4. The minimum absolute atomic E-state index is 0.0810. The molecule has 1 aromatic heterocycles. The predicted octanol–water partition coefficient (Wildman–Crippen LogP) is 1.17. The van der Waals surface area contributed by atoms with Crippen molar-refractivity contribution in [2.45, 2.75) is 45.6 Å². The van der Waals surface area contributed by atoms with Gasteiger partial charge >= 0.3 is 0 Å². The lowest BCUT2D eigenvalue weighted by Crippen LogP contribution is -2.40. The summed E-state index contributed by atoms with van der Waals surface area (Å²) in [6.07, 6.45) is 2.21. The summed E-state index contributed by atoms with van der Waals surface area (Å²) >= 11 is 0. The van der Waals surface area contributed by atoms with Gasteiger partial charge in [-0.25, -0.2) is 9.97 Å². The topological polar surface area (TPSA) is 107 Å². The van der Waals surface area contributed by atoms with E-state index in [2.05, 4.69) is 15.3 Å². The zero-order chi connectivity index (χ0) is 14.2. The van der Waals surface area contributed by atoms with E-state index in [1.54, 1.807) is 0 Å². The first kappa shape index (κ1) is 13.6. The van der Waals surface area contributed by atoms with Gasteiger partial charge in [0.1, 0.15) is 23.5 Å². The molecule has 6 heteroatoms. The molecule has 6 nitrogen and oxygen atoms in total. The van der Waals surface area contributed by atoms with E-state index in [-0.39, 0.29) is 11.8 Å². The highest BCUT2D eigenvalue weighted by molar-refractivity contribution is 5.83. The van der Waals surface area contributed by atoms with E-state index in [1.165, 1.54) is 0 Å². The second kappa shape index (κ2) is 5.03. The van der Waals surface area contributed by atoms with Crippen molar-refractivity contribution < 1.29 is 4.79 Å². The van der Waals surface area contributed by atoms with Crippen LogP contribution in [0.25, 0.3) is 0 Å². The lowest BCUT2D eigenvalue weighted by atomic mass is 10.0. The summed E-state index contributed by atoms with van der Waals surface area (Å²) in [5.74, 6) is 1.95. The van der Waals surface area contributed by atoms with Crippen LogP contribution in [0.3, 0.4) is 0 Å². The number of primary amides is 1. The van der Waals surface area contributed by atoms with Crippen LogP contribution in [0.4, 0.5) is 11.6 Å². The predicted molar refractivity (Wildman–Crippen MR) is 74.6 cm³/mol. The van der Waals surface area contributed by atoms with Crippen molar-refractivity contribution in [3.05, 3.63) is 11.4 Å². The van der Waals surface area contributed by atoms with Crippen molar-refractivity contribution in [1.29, 1.82) is 0 Å². The molecule has 104 valence electrons. The molecule has 1 aromatic rings. The van der Waals surface area contributed by atoms with Crippen LogP contribution < -0.4 is 16.8 Å². The molecule has 1 aliphatic rings. The Morgan fingerprint density at radius 2 is 2.00 bits per heavy atom. The molecule has 0 aliphatic heterocycles. The number of hydrogen-bond acceptors (Lipinski definition) is 5. The number of anilines is 2.